The third kappa shape index (κ3) is 363. The molecule has 79 valence electrons. The molecule has 0 bridgehead atoms. The van der Waals surface area contributed by atoms with E-state index in [2.05, 4.69) is 0 Å². The van der Waals surface area contributed by atoms with Gasteiger partial charge < -0.3 is 59.4 Å². The Morgan fingerprint density at radius 2 is 0.300 bits per heavy atom. The van der Waals surface area contributed by atoms with Crippen LogP contribution >= 0.6 is 0 Å². The van der Waals surface area contributed by atoms with Gasteiger partial charge in [0.05, 0.1) is 0 Å². The van der Waals surface area contributed by atoms with Gasteiger partial charge in [-0.25, -0.2) is 0 Å². The van der Waals surface area contributed by atoms with E-state index < -0.39 is 0 Å². The smallest absolute Gasteiger partial charge is 0.358 e. The molecular formula is C8H24IrPt-4. The van der Waals surface area contributed by atoms with Gasteiger partial charge in [0.25, 0.3) is 0 Å². The Morgan fingerprint density at radius 1 is 0.300 bits per heavy atom. The van der Waals surface area contributed by atoms with Crippen molar-refractivity contribution in [3.8, 4) is 0 Å². The maximum Gasteiger partial charge on any atom is 4.00 e. The van der Waals surface area contributed by atoms with Gasteiger partial charge in [0.15, 0.2) is 0 Å². The number of hydrogen-bond donors (Lipinski definition) is 0. The molecule has 0 amide bonds. The molecule has 0 aliphatic rings. The molecule has 10 heavy (non-hydrogen) atoms. The van der Waals surface area contributed by atoms with Crippen molar-refractivity contribution in [1.29, 1.82) is 0 Å². The van der Waals surface area contributed by atoms with Gasteiger partial charge in [-0.2, -0.15) is 0 Å². The zero-order chi connectivity index (χ0) is 0. The van der Waals surface area contributed by atoms with E-state index in [1.807, 2.05) is 0 Å². The first kappa shape index (κ1) is 677. The van der Waals surface area contributed by atoms with Crippen LogP contribution in [0.2, 0.25) is 0 Å². The molecule has 0 aromatic rings. The molecule has 0 aromatic carbocycles. The SMILES string of the molecule is [CH3-].[CH3-].[CH3-].[CH3-].[CH3-].[CH3-].[CH3-].[CH3-].[Ir].[Pt+4]. The Hall–Kier alpha value is 1.34. The fraction of sp³-hybridized carbons (Fsp3) is 0. The summed E-state index contributed by atoms with van der Waals surface area (Å²) in [5.74, 6) is 0. The Bertz CT molecular complexity index is 9.22. The van der Waals surface area contributed by atoms with Crippen molar-refractivity contribution in [2.45, 2.75) is 0 Å². The van der Waals surface area contributed by atoms with Gasteiger partial charge in [-0.15, -0.1) is 0 Å². The van der Waals surface area contributed by atoms with E-state index in [-0.39, 0.29) is 101 Å². The molecule has 0 heterocycles. The molecule has 0 nitrogen and oxygen atoms in total. The van der Waals surface area contributed by atoms with Crippen molar-refractivity contribution in [3.63, 3.8) is 0 Å². The molecule has 0 aromatic heterocycles. The molecule has 0 aliphatic carbocycles. The van der Waals surface area contributed by atoms with E-state index in [0.29, 0.717) is 0 Å². The van der Waals surface area contributed by atoms with Gasteiger partial charge in [0.1, 0.15) is 0 Å². The van der Waals surface area contributed by atoms with Crippen molar-refractivity contribution in [2.24, 2.45) is 0 Å². The first-order valence-electron chi connectivity index (χ1n) is 0. The molecule has 0 fully saturated rings. The van der Waals surface area contributed by atoms with Crippen LogP contribution in [0.4, 0.5) is 0 Å². The number of rotatable bonds is 0. The molecule has 1 radical (unpaired) electrons. The quantitative estimate of drug-likeness (QED) is 0.440. The van der Waals surface area contributed by atoms with E-state index in [1.54, 1.807) is 0 Å². The zero-order valence-corrected chi connectivity index (χ0v) is 13.3. The van der Waals surface area contributed by atoms with E-state index in [9.17, 15) is 0 Å². The first-order chi connectivity index (χ1) is 0. The van der Waals surface area contributed by atoms with Crippen LogP contribution in [0.1, 0.15) is 0 Å². The molecule has 0 aliphatic heterocycles. The maximum absolute atomic E-state index is 0. The zero-order valence-electron chi connectivity index (χ0n) is 8.65. The Labute approximate surface area is 100 Å². The Balaban J connectivity index is 0. The van der Waals surface area contributed by atoms with Gasteiger partial charge >= 0.3 is 21.1 Å². The Morgan fingerprint density at radius 3 is 0.300 bits per heavy atom. The van der Waals surface area contributed by atoms with Gasteiger partial charge in [-0.3, -0.25) is 0 Å². The summed E-state index contributed by atoms with van der Waals surface area (Å²) in [6.07, 6.45) is 0. The van der Waals surface area contributed by atoms with Gasteiger partial charge in [0.2, 0.25) is 0 Å². The largest absolute Gasteiger partial charge is 4.00 e. The third-order valence-electron chi connectivity index (χ3n) is 0. The molecule has 0 unspecified atom stereocenters. The summed E-state index contributed by atoms with van der Waals surface area (Å²) < 4.78 is 0. The standard InChI is InChI=1S/8CH3.Ir.Pt/h8*1H3;;/q8*-1;;+4. The average molecular weight is 508 g/mol. The van der Waals surface area contributed by atoms with E-state index in [4.69, 9.17) is 0 Å². The molecule has 0 rings (SSSR count). The van der Waals surface area contributed by atoms with Crippen LogP contribution < -0.4 is 0 Å². The van der Waals surface area contributed by atoms with E-state index in [0.717, 1.165) is 0 Å². The normalized spacial score (nSPS) is 0. The van der Waals surface area contributed by atoms with Crippen LogP contribution in [0.15, 0.2) is 0 Å². The van der Waals surface area contributed by atoms with Crippen LogP contribution in [-0.2, 0) is 41.2 Å². The van der Waals surface area contributed by atoms with Crippen LogP contribution in [0.3, 0.4) is 0 Å². The van der Waals surface area contributed by atoms with E-state index in [1.165, 1.54) is 0 Å². The van der Waals surface area contributed by atoms with Gasteiger partial charge in [-0.1, -0.05) is 0 Å². The predicted molar refractivity (Wildman–Crippen MR) is 51.3 cm³/mol. The molecule has 0 saturated heterocycles. The molecule has 0 N–H and O–H groups in total. The minimum Gasteiger partial charge on any atom is -0.358 e. The summed E-state index contributed by atoms with van der Waals surface area (Å²) in [4.78, 5) is 0. The van der Waals surface area contributed by atoms with Crippen molar-refractivity contribution in [3.05, 3.63) is 59.4 Å². The Kier molecular flexibility index (Phi) is 34100. The molecular weight excluding hydrogens is 483 g/mol. The predicted octanol–water partition coefficient (Wildman–Crippen LogP) is 3.60. The van der Waals surface area contributed by atoms with Crippen LogP contribution in [-0.4, -0.2) is 0 Å². The summed E-state index contributed by atoms with van der Waals surface area (Å²) in [6.45, 7) is 0. The monoisotopic (exact) mass is 508 g/mol. The van der Waals surface area contributed by atoms with Crippen LogP contribution in [0.25, 0.3) is 0 Å². The van der Waals surface area contributed by atoms with Crippen molar-refractivity contribution in [1.82, 2.24) is 0 Å². The maximum atomic E-state index is 0. The van der Waals surface area contributed by atoms with Crippen LogP contribution in [0.5, 0.6) is 0 Å². The summed E-state index contributed by atoms with van der Waals surface area (Å²) in [7, 11) is 0. The first-order valence-corrected chi connectivity index (χ1v) is 0. The number of hydrogen-bond acceptors (Lipinski definition) is 0. The van der Waals surface area contributed by atoms with Crippen molar-refractivity contribution in [2.75, 3.05) is 0 Å². The summed E-state index contributed by atoms with van der Waals surface area (Å²) in [5.41, 5.74) is 0. The van der Waals surface area contributed by atoms with Crippen molar-refractivity contribution < 1.29 is 41.2 Å². The summed E-state index contributed by atoms with van der Waals surface area (Å²) in [6, 6.07) is 0. The third-order valence-corrected chi connectivity index (χ3v) is 0. The second kappa shape index (κ2) is 504. The van der Waals surface area contributed by atoms with Gasteiger partial charge in [-0.05, 0) is 0 Å². The minimum absolute atomic E-state index is 0. The van der Waals surface area contributed by atoms with Crippen LogP contribution in [0, 0.1) is 59.4 Å². The minimum atomic E-state index is 0. The summed E-state index contributed by atoms with van der Waals surface area (Å²) in [5, 5.41) is 0. The molecule has 2 heteroatoms. The van der Waals surface area contributed by atoms with Gasteiger partial charge in [0, 0.05) is 20.1 Å². The molecule has 0 atom stereocenters. The fourth-order valence-corrected chi connectivity index (χ4v) is 0. The molecule has 0 saturated carbocycles. The second-order valence-electron chi connectivity index (χ2n) is 0. The summed E-state index contributed by atoms with van der Waals surface area (Å²) >= 11 is 0. The second-order valence-corrected chi connectivity index (χ2v) is 0. The fourth-order valence-electron chi connectivity index (χ4n) is 0. The molecule has 0 spiro atoms. The van der Waals surface area contributed by atoms with E-state index >= 15 is 0 Å². The topological polar surface area (TPSA) is 0 Å². The average Bonchev–Trinajstić information content (AvgIpc) is 0. The van der Waals surface area contributed by atoms with Crippen molar-refractivity contribution >= 4 is 0 Å².